The lowest BCUT2D eigenvalue weighted by Gasteiger charge is -2.29. The molecule has 5 rings (SSSR count). The summed E-state index contributed by atoms with van der Waals surface area (Å²) in [4.78, 5) is 20.9. The van der Waals surface area contributed by atoms with E-state index in [-0.39, 0.29) is 5.56 Å². The molecule has 156 valence electrons. The lowest BCUT2D eigenvalue weighted by atomic mass is 10.1. The van der Waals surface area contributed by atoms with Crippen LogP contribution in [0.1, 0.15) is 25.0 Å². The highest BCUT2D eigenvalue weighted by molar-refractivity contribution is 5.80. The van der Waals surface area contributed by atoms with Crippen molar-refractivity contribution in [3.63, 3.8) is 0 Å². The lowest BCUT2D eigenvalue weighted by molar-refractivity contribution is 0.554. The minimum atomic E-state index is -0.526. The second-order valence-electron chi connectivity index (χ2n) is 7.40. The third-order valence-electron chi connectivity index (χ3n) is 5.37. The molecule has 0 atom stereocenters. The first-order chi connectivity index (χ1) is 14.6. The summed E-state index contributed by atoms with van der Waals surface area (Å²) in [5, 5.41) is 3.83. The zero-order valence-corrected chi connectivity index (χ0v) is 16.6. The Bertz CT molecular complexity index is 1120. The molecule has 0 saturated carbocycles. The molecule has 7 heteroatoms. The number of allylic oxidation sites excluding steroid dienone is 2. The maximum atomic E-state index is 13.3. The molecular weight excluding hydrogens is 386 g/mol. The largest absolute Gasteiger partial charge is 0.367 e. The summed E-state index contributed by atoms with van der Waals surface area (Å²) in [5.41, 5.74) is 3.38. The van der Waals surface area contributed by atoms with Gasteiger partial charge in [-0.25, -0.2) is 8.78 Å². The molecule has 1 fully saturated rings. The first-order valence-electron chi connectivity index (χ1n) is 10.2. The van der Waals surface area contributed by atoms with E-state index in [4.69, 9.17) is 0 Å². The van der Waals surface area contributed by atoms with E-state index in [0.29, 0.717) is 11.1 Å². The second kappa shape index (κ2) is 9.17. The number of pyridine rings is 2. The number of rotatable bonds is 2. The van der Waals surface area contributed by atoms with Crippen molar-refractivity contribution in [3.8, 4) is 0 Å². The van der Waals surface area contributed by atoms with E-state index in [9.17, 15) is 13.6 Å². The lowest BCUT2D eigenvalue weighted by Crippen LogP contribution is -2.43. The van der Waals surface area contributed by atoms with Gasteiger partial charge in [0.2, 0.25) is 0 Å². The molecule has 30 heavy (non-hydrogen) atoms. The fourth-order valence-electron chi connectivity index (χ4n) is 3.82. The Balaban J connectivity index is 0.000000147. The van der Waals surface area contributed by atoms with Crippen LogP contribution < -0.4 is 15.8 Å². The molecule has 5 nitrogen and oxygen atoms in total. The topological polar surface area (TPSA) is 61.0 Å². The number of nitrogens with zero attached hydrogens (tertiary/aromatic N) is 2. The number of halogens is 2. The number of hydrogen-bond acceptors (Lipinski definition) is 4. The first kappa shape index (κ1) is 20.2. The molecule has 2 N–H and O–H groups in total. The van der Waals surface area contributed by atoms with E-state index in [2.05, 4.69) is 21.4 Å². The number of benzene rings is 1. The Morgan fingerprint density at radius 2 is 1.90 bits per heavy atom. The maximum Gasteiger partial charge on any atom is 0.257 e. The van der Waals surface area contributed by atoms with Gasteiger partial charge in [-0.15, -0.1) is 0 Å². The number of hydrogen-bond donors (Lipinski definition) is 2. The van der Waals surface area contributed by atoms with Gasteiger partial charge in [-0.1, -0.05) is 6.08 Å². The predicted molar refractivity (Wildman–Crippen MR) is 116 cm³/mol. The number of nitrogens with one attached hydrogen (secondary N) is 2. The van der Waals surface area contributed by atoms with Crippen molar-refractivity contribution in [2.24, 2.45) is 0 Å². The van der Waals surface area contributed by atoms with E-state index in [1.54, 1.807) is 18.3 Å². The summed E-state index contributed by atoms with van der Waals surface area (Å²) < 4.78 is 26.0. The van der Waals surface area contributed by atoms with E-state index in [1.807, 2.05) is 11.0 Å². The maximum absolute atomic E-state index is 13.3. The Morgan fingerprint density at radius 1 is 1.07 bits per heavy atom. The number of fused-ring (bicyclic) bond motifs is 1. The smallest absolute Gasteiger partial charge is 0.257 e. The van der Waals surface area contributed by atoms with Gasteiger partial charge in [0.15, 0.2) is 0 Å². The second-order valence-corrected chi connectivity index (χ2v) is 7.40. The molecule has 1 aliphatic heterocycles. The molecule has 3 aromatic rings. The molecule has 0 amide bonds. The molecule has 3 heterocycles. The molecule has 0 radical (unpaired) electrons. The summed E-state index contributed by atoms with van der Waals surface area (Å²) >= 11 is 0. The fourth-order valence-corrected chi connectivity index (χ4v) is 3.82. The summed E-state index contributed by atoms with van der Waals surface area (Å²) in [7, 11) is 0. The van der Waals surface area contributed by atoms with Crippen molar-refractivity contribution in [3.05, 3.63) is 76.4 Å². The molecular formula is C23H24F2N4O. The average Bonchev–Trinajstić information content (AvgIpc) is 3.30. The normalized spacial score (nSPS) is 16.2. The van der Waals surface area contributed by atoms with Crippen LogP contribution in [0.3, 0.4) is 0 Å². The number of H-pyrrole nitrogens is 1. The Labute approximate surface area is 173 Å². The molecule has 1 saturated heterocycles. The first-order valence-corrected chi connectivity index (χ1v) is 10.2. The van der Waals surface area contributed by atoms with E-state index < -0.39 is 11.6 Å². The van der Waals surface area contributed by atoms with Crippen molar-refractivity contribution >= 4 is 22.2 Å². The van der Waals surface area contributed by atoms with Crippen molar-refractivity contribution < 1.29 is 8.78 Å². The van der Waals surface area contributed by atoms with Crippen LogP contribution in [0.5, 0.6) is 0 Å². The van der Waals surface area contributed by atoms with Gasteiger partial charge < -0.3 is 15.2 Å². The zero-order valence-electron chi connectivity index (χ0n) is 16.6. The highest BCUT2D eigenvalue weighted by Crippen LogP contribution is 2.26. The van der Waals surface area contributed by atoms with Gasteiger partial charge >= 0.3 is 0 Å². The molecule has 0 bridgehead atoms. The van der Waals surface area contributed by atoms with E-state index in [0.717, 1.165) is 56.3 Å². The van der Waals surface area contributed by atoms with Gasteiger partial charge in [-0.05, 0) is 55.2 Å². The molecule has 0 spiro atoms. The Morgan fingerprint density at radius 3 is 2.63 bits per heavy atom. The molecule has 0 unspecified atom stereocenters. The van der Waals surface area contributed by atoms with Crippen molar-refractivity contribution in [2.75, 3.05) is 31.1 Å². The number of aromatic nitrogens is 2. The predicted octanol–water partition coefficient (Wildman–Crippen LogP) is 3.86. The molecule has 2 aromatic heterocycles. The van der Waals surface area contributed by atoms with Crippen LogP contribution in [0.25, 0.3) is 16.5 Å². The van der Waals surface area contributed by atoms with Gasteiger partial charge in [-0.2, -0.15) is 0 Å². The standard InChI is InChI=1S/C13H12N2O.C10H12F2N2/c16-13-10-6-3-7-14-12(10)8-11(15-13)9-4-1-2-5-9;11-8-1-2-10(9(12)7-8)14-5-3-13-4-6-14/h3-4,6-8H,1-2,5H2,(H,15,16);1-2,7,13H,3-6H2. The zero-order chi connectivity index (χ0) is 20.9. The quantitative estimate of drug-likeness (QED) is 0.674. The number of aromatic amines is 1. The van der Waals surface area contributed by atoms with Crippen LogP contribution in [-0.4, -0.2) is 36.1 Å². The minimum Gasteiger partial charge on any atom is -0.367 e. The van der Waals surface area contributed by atoms with Gasteiger partial charge in [0.25, 0.3) is 5.56 Å². The van der Waals surface area contributed by atoms with Crippen LogP contribution in [0, 0.1) is 11.6 Å². The monoisotopic (exact) mass is 410 g/mol. The van der Waals surface area contributed by atoms with Gasteiger partial charge in [0, 0.05) is 44.1 Å². The average molecular weight is 410 g/mol. The third-order valence-corrected chi connectivity index (χ3v) is 5.37. The Hall–Kier alpha value is -3.06. The van der Waals surface area contributed by atoms with Crippen LogP contribution in [0.2, 0.25) is 0 Å². The van der Waals surface area contributed by atoms with Crippen LogP contribution in [0.4, 0.5) is 14.5 Å². The highest BCUT2D eigenvalue weighted by atomic mass is 19.1. The third kappa shape index (κ3) is 4.57. The SMILES string of the molecule is Fc1ccc(N2CCNCC2)c(F)c1.O=c1[nH]c(C2=CCCC2)cc2ncccc12. The number of piperazine rings is 1. The van der Waals surface area contributed by atoms with Gasteiger partial charge in [-0.3, -0.25) is 9.78 Å². The van der Waals surface area contributed by atoms with Crippen molar-refractivity contribution in [1.29, 1.82) is 0 Å². The van der Waals surface area contributed by atoms with E-state index >= 15 is 0 Å². The minimum absolute atomic E-state index is 0.0478. The highest BCUT2D eigenvalue weighted by Gasteiger charge is 2.14. The molecule has 1 aromatic carbocycles. The van der Waals surface area contributed by atoms with Crippen LogP contribution in [-0.2, 0) is 0 Å². The van der Waals surface area contributed by atoms with Crippen LogP contribution in [0.15, 0.2) is 53.5 Å². The van der Waals surface area contributed by atoms with Crippen molar-refractivity contribution in [2.45, 2.75) is 19.3 Å². The van der Waals surface area contributed by atoms with E-state index in [1.165, 1.54) is 24.1 Å². The van der Waals surface area contributed by atoms with Crippen molar-refractivity contribution in [1.82, 2.24) is 15.3 Å². The Kier molecular flexibility index (Phi) is 6.18. The number of anilines is 1. The summed E-state index contributed by atoms with van der Waals surface area (Å²) in [5.74, 6) is -1.01. The van der Waals surface area contributed by atoms with Gasteiger partial charge in [0.05, 0.1) is 16.6 Å². The van der Waals surface area contributed by atoms with Crippen LogP contribution >= 0.6 is 0 Å². The molecule has 1 aliphatic carbocycles. The summed E-state index contributed by atoms with van der Waals surface area (Å²) in [6.07, 6.45) is 7.25. The fraction of sp³-hybridized carbons (Fsp3) is 0.304. The van der Waals surface area contributed by atoms with Gasteiger partial charge in [0.1, 0.15) is 11.6 Å². The summed E-state index contributed by atoms with van der Waals surface area (Å²) in [6, 6.07) is 9.27. The summed E-state index contributed by atoms with van der Waals surface area (Å²) in [6.45, 7) is 3.22. The molecule has 2 aliphatic rings.